The summed E-state index contributed by atoms with van der Waals surface area (Å²) in [5, 5.41) is 12.4. The molecule has 1 amide bonds. The van der Waals surface area contributed by atoms with Crippen molar-refractivity contribution in [3.05, 3.63) is 48.3 Å². The Morgan fingerprint density at radius 2 is 1.84 bits per heavy atom. The Labute approximate surface area is 148 Å². The van der Waals surface area contributed by atoms with Crippen molar-refractivity contribution in [3.63, 3.8) is 0 Å². The number of hydrogen-bond acceptors (Lipinski definition) is 3. The fourth-order valence-electron chi connectivity index (χ4n) is 3.66. The standard InChI is InChI=1S/C20H25N3O2/c24-14-15-9-12-22(13-10-15)18-5-2-1-4-17(18)21-20(25)19-6-3-11-23(19)16-7-8-16/h1-6,11,15-16,24H,7-10,12-14H2,(H,21,25). The predicted molar refractivity (Wildman–Crippen MR) is 99.1 cm³/mol. The number of benzene rings is 1. The minimum Gasteiger partial charge on any atom is -0.396 e. The van der Waals surface area contributed by atoms with Gasteiger partial charge in [-0.05, 0) is 55.9 Å². The van der Waals surface area contributed by atoms with Crippen molar-refractivity contribution in [2.24, 2.45) is 5.92 Å². The van der Waals surface area contributed by atoms with Gasteiger partial charge in [0.1, 0.15) is 5.69 Å². The van der Waals surface area contributed by atoms with E-state index in [0.29, 0.717) is 12.0 Å². The molecule has 0 spiro atoms. The molecule has 0 unspecified atom stereocenters. The molecule has 5 nitrogen and oxygen atoms in total. The van der Waals surface area contributed by atoms with E-state index in [2.05, 4.69) is 20.9 Å². The molecule has 2 heterocycles. The van der Waals surface area contributed by atoms with Crippen molar-refractivity contribution in [1.29, 1.82) is 0 Å². The molecule has 0 radical (unpaired) electrons. The van der Waals surface area contributed by atoms with Gasteiger partial charge in [0.2, 0.25) is 0 Å². The molecule has 2 fully saturated rings. The first kappa shape index (κ1) is 16.2. The number of amides is 1. The van der Waals surface area contributed by atoms with Gasteiger partial charge in [0.25, 0.3) is 5.91 Å². The summed E-state index contributed by atoms with van der Waals surface area (Å²) in [5.74, 6) is 0.356. The third-order valence-electron chi connectivity index (χ3n) is 5.32. The van der Waals surface area contributed by atoms with E-state index < -0.39 is 0 Å². The van der Waals surface area contributed by atoms with Gasteiger partial charge < -0.3 is 19.9 Å². The molecule has 0 atom stereocenters. The summed E-state index contributed by atoms with van der Waals surface area (Å²) in [5.41, 5.74) is 2.66. The van der Waals surface area contributed by atoms with Gasteiger partial charge in [-0.2, -0.15) is 0 Å². The van der Waals surface area contributed by atoms with Gasteiger partial charge in [-0.15, -0.1) is 0 Å². The minimum absolute atomic E-state index is 0.0467. The minimum atomic E-state index is -0.0467. The zero-order valence-electron chi connectivity index (χ0n) is 14.4. The summed E-state index contributed by atoms with van der Waals surface area (Å²) in [4.78, 5) is 15.1. The molecule has 0 bridgehead atoms. The zero-order valence-corrected chi connectivity index (χ0v) is 14.4. The van der Waals surface area contributed by atoms with Crippen molar-refractivity contribution < 1.29 is 9.90 Å². The second-order valence-corrected chi connectivity index (χ2v) is 7.12. The van der Waals surface area contributed by atoms with Crippen LogP contribution < -0.4 is 10.2 Å². The summed E-state index contributed by atoms with van der Waals surface area (Å²) in [7, 11) is 0. The first-order valence-corrected chi connectivity index (χ1v) is 9.19. The number of piperidine rings is 1. The van der Waals surface area contributed by atoms with Gasteiger partial charge >= 0.3 is 0 Å². The van der Waals surface area contributed by atoms with Crippen LogP contribution in [0.1, 0.15) is 42.2 Å². The van der Waals surface area contributed by atoms with Crippen LogP contribution in [0.5, 0.6) is 0 Å². The first-order chi connectivity index (χ1) is 12.3. The Bertz CT molecular complexity index is 743. The number of aliphatic hydroxyl groups excluding tert-OH is 1. The van der Waals surface area contributed by atoms with Crippen LogP contribution in [-0.4, -0.2) is 35.3 Å². The van der Waals surface area contributed by atoms with Crippen LogP contribution in [0.4, 0.5) is 11.4 Å². The highest BCUT2D eigenvalue weighted by Crippen LogP contribution is 2.36. The van der Waals surface area contributed by atoms with Crippen molar-refractivity contribution in [2.75, 3.05) is 29.9 Å². The number of carbonyl (C=O) groups is 1. The molecule has 25 heavy (non-hydrogen) atoms. The average molecular weight is 339 g/mol. The second kappa shape index (κ2) is 6.92. The molecule has 1 saturated carbocycles. The highest BCUT2D eigenvalue weighted by Gasteiger charge is 2.27. The van der Waals surface area contributed by atoms with Crippen LogP contribution >= 0.6 is 0 Å². The van der Waals surface area contributed by atoms with Crippen LogP contribution in [0.3, 0.4) is 0 Å². The van der Waals surface area contributed by atoms with Gasteiger partial charge in [-0.1, -0.05) is 12.1 Å². The van der Waals surface area contributed by atoms with Crippen LogP contribution in [0.15, 0.2) is 42.6 Å². The maximum absolute atomic E-state index is 12.8. The average Bonchev–Trinajstić information content (AvgIpc) is 3.38. The molecule has 2 aromatic rings. The van der Waals surface area contributed by atoms with Crippen molar-refractivity contribution in [1.82, 2.24) is 4.57 Å². The highest BCUT2D eigenvalue weighted by atomic mass is 16.3. The summed E-state index contributed by atoms with van der Waals surface area (Å²) >= 11 is 0. The number of nitrogens with one attached hydrogen (secondary N) is 1. The summed E-state index contributed by atoms with van der Waals surface area (Å²) in [6.45, 7) is 2.09. The molecule has 1 aliphatic carbocycles. The second-order valence-electron chi connectivity index (χ2n) is 7.12. The number of nitrogens with zero attached hydrogens (tertiary/aromatic N) is 2. The highest BCUT2D eigenvalue weighted by molar-refractivity contribution is 6.05. The van der Waals surface area contributed by atoms with E-state index in [4.69, 9.17) is 0 Å². The topological polar surface area (TPSA) is 57.5 Å². The molecule has 1 aromatic carbocycles. The largest absolute Gasteiger partial charge is 0.396 e. The third-order valence-corrected chi connectivity index (χ3v) is 5.32. The fourth-order valence-corrected chi connectivity index (χ4v) is 3.66. The van der Waals surface area contributed by atoms with E-state index in [-0.39, 0.29) is 12.5 Å². The number of aliphatic hydroxyl groups is 1. The monoisotopic (exact) mass is 339 g/mol. The Balaban J connectivity index is 1.51. The zero-order chi connectivity index (χ0) is 17.2. The van der Waals surface area contributed by atoms with Crippen LogP contribution in [0.2, 0.25) is 0 Å². The Morgan fingerprint density at radius 3 is 2.56 bits per heavy atom. The van der Waals surface area contributed by atoms with Gasteiger partial charge in [0.05, 0.1) is 11.4 Å². The lowest BCUT2D eigenvalue weighted by Crippen LogP contribution is -2.35. The van der Waals surface area contributed by atoms with Crippen LogP contribution in [-0.2, 0) is 0 Å². The third kappa shape index (κ3) is 3.42. The molecule has 2 N–H and O–H groups in total. The molecule has 5 heteroatoms. The Morgan fingerprint density at radius 1 is 1.08 bits per heavy atom. The smallest absolute Gasteiger partial charge is 0.272 e. The SMILES string of the molecule is O=C(Nc1ccccc1N1CCC(CO)CC1)c1cccn1C1CC1. The first-order valence-electron chi connectivity index (χ1n) is 9.19. The van der Waals surface area contributed by atoms with Crippen LogP contribution in [0.25, 0.3) is 0 Å². The molecule has 132 valence electrons. The van der Waals surface area contributed by atoms with Crippen LogP contribution in [0, 0.1) is 5.92 Å². The molecule has 1 aliphatic heterocycles. The van der Waals surface area contributed by atoms with Gasteiger partial charge in [-0.3, -0.25) is 4.79 Å². The van der Waals surface area contributed by atoms with E-state index in [9.17, 15) is 9.90 Å². The van der Waals surface area contributed by atoms with E-state index >= 15 is 0 Å². The number of aromatic nitrogens is 1. The number of anilines is 2. The predicted octanol–water partition coefficient (Wildman–Crippen LogP) is 3.28. The van der Waals surface area contributed by atoms with Gasteiger partial charge in [-0.25, -0.2) is 0 Å². The quantitative estimate of drug-likeness (QED) is 0.879. The van der Waals surface area contributed by atoms with Crippen molar-refractivity contribution in [2.45, 2.75) is 31.7 Å². The molecular formula is C20H25N3O2. The number of carbonyl (C=O) groups excluding carboxylic acids is 1. The normalized spacial score (nSPS) is 18.4. The van der Waals surface area contributed by atoms with Gasteiger partial charge in [0, 0.05) is 31.9 Å². The number of hydrogen-bond donors (Lipinski definition) is 2. The molecule has 4 rings (SSSR count). The summed E-state index contributed by atoms with van der Waals surface area (Å²) in [6, 6.07) is 12.3. The van der Waals surface area contributed by atoms with Crippen molar-refractivity contribution >= 4 is 17.3 Å². The van der Waals surface area contributed by atoms with Crippen molar-refractivity contribution in [3.8, 4) is 0 Å². The summed E-state index contributed by atoms with van der Waals surface area (Å²) in [6.07, 6.45) is 6.29. The molecule has 1 saturated heterocycles. The summed E-state index contributed by atoms with van der Waals surface area (Å²) < 4.78 is 2.09. The van der Waals surface area contributed by atoms with E-state index in [1.54, 1.807) is 0 Å². The Hall–Kier alpha value is -2.27. The van der Waals surface area contributed by atoms with E-state index in [1.807, 2.05) is 36.5 Å². The number of rotatable bonds is 5. The maximum Gasteiger partial charge on any atom is 0.272 e. The molecule has 2 aliphatic rings. The Kier molecular flexibility index (Phi) is 4.49. The lowest BCUT2D eigenvalue weighted by atomic mass is 9.97. The lowest BCUT2D eigenvalue weighted by molar-refractivity contribution is 0.101. The maximum atomic E-state index is 12.8. The lowest BCUT2D eigenvalue weighted by Gasteiger charge is -2.34. The van der Waals surface area contributed by atoms with E-state index in [1.165, 1.54) is 0 Å². The number of para-hydroxylation sites is 2. The molecular weight excluding hydrogens is 314 g/mol. The van der Waals surface area contributed by atoms with E-state index in [0.717, 1.165) is 55.8 Å². The van der Waals surface area contributed by atoms with Gasteiger partial charge in [0.15, 0.2) is 0 Å². The fraction of sp³-hybridized carbons (Fsp3) is 0.450. The molecule has 1 aromatic heterocycles.